The highest BCUT2D eigenvalue weighted by Crippen LogP contribution is 2.22. The highest BCUT2D eigenvalue weighted by Gasteiger charge is 2.28. The van der Waals surface area contributed by atoms with Crippen LogP contribution in [0.1, 0.15) is 146 Å². The molecule has 1 heterocycles. The number of ether oxygens (including phenoxy) is 2. The quantitative estimate of drug-likeness (QED) is 0.257. The standard InChI is InChI=1S/C13H26O3.C10H14.C9H13N.2C2H6/c1-7-10(3)15-9-11(4)16-12(14)13(5,6)8-2;1-3-9(2)10-7-5-4-6-8-10;1-3-8(2)9-4-6-10-7-5-9;2*1-2/h10-11H,7-9H2,1-6H3;4-9H,3H2,1-2H3;4-8H,3H2,1-2H3;2*1-2H3. The molecule has 2 rings (SSSR count). The van der Waals surface area contributed by atoms with Gasteiger partial charge in [0.1, 0.15) is 6.10 Å². The third-order valence-corrected chi connectivity index (χ3v) is 6.80. The second kappa shape index (κ2) is 27.0. The van der Waals surface area contributed by atoms with Crippen LogP contribution in [0.3, 0.4) is 0 Å². The van der Waals surface area contributed by atoms with E-state index in [-0.39, 0.29) is 18.2 Å². The smallest absolute Gasteiger partial charge is 0.311 e. The number of hydrogen-bond donors (Lipinski definition) is 0. The van der Waals surface area contributed by atoms with Gasteiger partial charge in [0.25, 0.3) is 0 Å². The Kier molecular flexibility index (Phi) is 28.5. The van der Waals surface area contributed by atoms with Crippen LogP contribution in [0.15, 0.2) is 54.9 Å². The van der Waals surface area contributed by atoms with Gasteiger partial charge in [0, 0.05) is 12.4 Å². The van der Waals surface area contributed by atoms with E-state index < -0.39 is 5.41 Å². The van der Waals surface area contributed by atoms with Gasteiger partial charge in [-0.15, -0.1) is 0 Å². The Bertz CT molecular complexity index is 747. The number of carbonyl (C=O) groups excluding carboxylic acids is 1. The second-order valence-corrected chi connectivity index (χ2v) is 10.3. The first-order valence-electron chi connectivity index (χ1n) is 15.8. The molecule has 4 atom stereocenters. The molecule has 2 aromatic rings. The molecule has 0 spiro atoms. The van der Waals surface area contributed by atoms with Crippen molar-refractivity contribution in [1.29, 1.82) is 0 Å². The molecular formula is C36H65NO3. The molecule has 0 saturated heterocycles. The van der Waals surface area contributed by atoms with E-state index in [0.717, 1.165) is 12.8 Å². The van der Waals surface area contributed by atoms with Crippen LogP contribution in [-0.4, -0.2) is 29.8 Å². The number of rotatable bonds is 11. The van der Waals surface area contributed by atoms with Gasteiger partial charge in [-0.25, -0.2) is 0 Å². The van der Waals surface area contributed by atoms with E-state index in [4.69, 9.17) is 9.47 Å². The number of nitrogens with zero attached hydrogens (tertiary/aromatic N) is 1. The molecule has 0 amide bonds. The molecule has 0 radical (unpaired) electrons. The Morgan fingerprint density at radius 2 is 1.18 bits per heavy atom. The summed E-state index contributed by atoms with van der Waals surface area (Å²) in [5, 5.41) is 0. The van der Waals surface area contributed by atoms with Gasteiger partial charge in [0.2, 0.25) is 0 Å². The van der Waals surface area contributed by atoms with Crippen molar-refractivity contribution in [3.63, 3.8) is 0 Å². The predicted octanol–water partition coefficient (Wildman–Crippen LogP) is 11.0. The first kappa shape index (κ1) is 42.3. The molecule has 0 bridgehead atoms. The monoisotopic (exact) mass is 559 g/mol. The molecule has 4 heteroatoms. The summed E-state index contributed by atoms with van der Waals surface area (Å²) < 4.78 is 10.9. The van der Waals surface area contributed by atoms with E-state index in [9.17, 15) is 4.79 Å². The maximum absolute atomic E-state index is 11.7. The van der Waals surface area contributed by atoms with E-state index >= 15 is 0 Å². The van der Waals surface area contributed by atoms with Crippen molar-refractivity contribution in [2.75, 3.05) is 6.61 Å². The van der Waals surface area contributed by atoms with Gasteiger partial charge >= 0.3 is 5.97 Å². The predicted molar refractivity (Wildman–Crippen MR) is 176 cm³/mol. The Morgan fingerprint density at radius 3 is 1.57 bits per heavy atom. The van der Waals surface area contributed by atoms with Crippen LogP contribution in [0, 0.1) is 5.41 Å². The molecule has 40 heavy (non-hydrogen) atoms. The first-order valence-corrected chi connectivity index (χ1v) is 15.8. The number of carbonyl (C=O) groups is 1. The SMILES string of the molecule is CC.CC.CCC(C)OCC(C)OC(=O)C(C)(C)CC.CCC(C)c1ccccc1.CCC(C)c1ccncc1. The van der Waals surface area contributed by atoms with E-state index in [1.807, 2.05) is 74.7 Å². The van der Waals surface area contributed by atoms with Crippen LogP contribution in [-0.2, 0) is 14.3 Å². The van der Waals surface area contributed by atoms with Crippen molar-refractivity contribution >= 4 is 5.97 Å². The summed E-state index contributed by atoms with van der Waals surface area (Å²) in [6.45, 7) is 29.1. The van der Waals surface area contributed by atoms with Crippen LogP contribution in [0.5, 0.6) is 0 Å². The number of benzene rings is 1. The number of aromatic nitrogens is 1. The lowest BCUT2D eigenvalue weighted by molar-refractivity contribution is -0.162. The van der Waals surface area contributed by atoms with E-state index in [1.54, 1.807) is 0 Å². The molecule has 0 fully saturated rings. The lowest BCUT2D eigenvalue weighted by atomic mass is 9.91. The zero-order valence-electron chi connectivity index (χ0n) is 28.7. The molecule has 4 nitrogen and oxygen atoms in total. The lowest BCUT2D eigenvalue weighted by Crippen LogP contribution is -2.31. The third-order valence-electron chi connectivity index (χ3n) is 6.80. The summed E-state index contributed by atoms with van der Waals surface area (Å²) in [6, 6.07) is 14.8. The molecule has 0 aliphatic carbocycles. The van der Waals surface area contributed by atoms with E-state index in [1.165, 1.54) is 24.0 Å². The van der Waals surface area contributed by atoms with Crippen molar-refractivity contribution < 1.29 is 14.3 Å². The van der Waals surface area contributed by atoms with Crippen LogP contribution in [0.4, 0.5) is 0 Å². The number of pyridine rings is 1. The molecule has 4 unspecified atom stereocenters. The van der Waals surface area contributed by atoms with Gasteiger partial charge in [0.15, 0.2) is 0 Å². The zero-order chi connectivity index (χ0) is 31.6. The van der Waals surface area contributed by atoms with Gasteiger partial charge < -0.3 is 9.47 Å². The average Bonchev–Trinajstić information content (AvgIpc) is 3.02. The van der Waals surface area contributed by atoms with Crippen LogP contribution in [0.25, 0.3) is 0 Å². The molecule has 1 aromatic carbocycles. The van der Waals surface area contributed by atoms with Crippen molar-refractivity contribution in [3.8, 4) is 0 Å². The first-order chi connectivity index (χ1) is 19.0. The highest BCUT2D eigenvalue weighted by atomic mass is 16.6. The normalized spacial score (nSPS) is 13.1. The molecular weight excluding hydrogens is 494 g/mol. The Morgan fingerprint density at radius 1 is 0.725 bits per heavy atom. The van der Waals surface area contributed by atoms with Gasteiger partial charge in [-0.2, -0.15) is 0 Å². The van der Waals surface area contributed by atoms with Gasteiger partial charge in [-0.3, -0.25) is 9.78 Å². The molecule has 0 aliphatic rings. The summed E-state index contributed by atoms with van der Waals surface area (Å²) in [5.41, 5.74) is 2.44. The Labute approximate surface area is 249 Å². The molecule has 0 N–H and O–H groups in total. The zero-order valence-corrected chi connectivity index (χ0v) is 28.7. The minimum atomic E-state index is -0.398. The van der Waals surface area contributed by atoms with E-state index in [2.05, 4.69) is 82.1 Å². The molecule has 232 valence electrons. The lowest BCUT2D eigenvalue weighted by Gasteiger charge is -2.24. The molecule has 0 aliphatic heterocycles. The van der Waals surface area contributed by atoms with Crippen molar-refractivity contribution in [3.05, 3.63) is 66.0 Å². The van der Waals surface area contributed by atoms with Gasteiger partial charge in [-0.1, -0.05) is 99.6 Å². The van der Waals surface area contributed by atoms with Crippen LogP contribution in [0.2, 0.25) is 0 Å². The fraction of sp³-hybridized carbons (Fsp3) is 0.667. The summed E-state index contributed by atoms with van der Waals surface area (Å²) in [4.78, 5) is 15.7. The summed E-state index contributed by atoms with van der Waals surface area (Å²) in [6.07, 6.45) is 7.93. The van der Waals surface area contributed by atoms with E-state index in [0.29, 0.717) is 18.4 Å². The topological polar surface area (TPSA) is 48.4 Å². The van der Waals surface area contributed by atoms with Crippen molar-refractivity contribution in [2.45, 2.75) is 147 Å². The summed E-state index contributed by atoms with van der Waals surface area (Å²) >= 11 is 0. The minimum Gasteiger partial charge on any atom is -0.460 e. The van der Waals surface area contributed by atoms with Crippen molar-refractivity contribution in [2.24, 2.45) is 5.41 Å². The third kappa shape index (κ3) is 20.7. The van der Waals surface area contributed by atoms with Crippen molar-refractivity contribution in [1.82, 2.24) is 4.98 Å². The van der Waals surface area contributed by atoms with Gasteiger partial charge in [0.05, 0.1) is 18.1 Å². The maximum Gasteiger partial charge on any atom is 0.311 e. The van der Waals surface area contributed by atoms with Crippen LogP contribution >= 0.6 is 0 Å². The fourth-order valence-corrected chi connectivity index (χ4v) is 2.88. The Hall–Kier alpha value is -2.20. The number of hydrogen-bond acceptors (Lipinski definition) is 4. The summed E-state index contributed by atoms with van der Waals surface area (Å²) in [7, 11) is 0. The Balaban J connectivity index is -0.000000497. The second-order valence-electron chi connectivity index (χ2n) is 10.3. The van der Waals surface area contributed by atoms with Crippen LogP contribution < -0.4 is 0 Å². The number of esters is 1. The fourth-order valence-electron chi connectivity index (χ4n) is 2.88. The summed E-state index contributed by atoms with van der Waals surface area (Å²) in [5.74, 6) is 1.24. The van der Waals surface area contributed by atoms with Gasteiger partial charge in [-0.05, 0) is 88.5 Å². The molecule has 0 saturated carbocycles. The maximum atomic E-state index is 11.7. The average molecular weight is 560 g/mol. The minimum absolute atomic E-state index is 0.143. The largest absolute Gasteiger partial charge is 0.460 e. The highest BCUT2D eigenvalue weighted by molar-refractivity contribution is 5.75. The molecule has 1 aromatic heterocycles.